The molecule has 2 aliphatic heterocycles. The Hall–Kier alpha value is -1.55. The minimum Gasteiger partial charge on any atom is -0.361 e. The highest BCUT2D eigenvalue weighted by atomic mass is 127. The highest BCUT2D eigenvalue weighted by molar-refractivity contribution is 14.1. The third kappa shape index (κ3) is 7.80. The monoisotopic (exact) mass is 681 g/mol. The fourth-order valence-electron chi connectivity index (χ4n) is 4.90. The number of likely N-dealkylation sites (tertiary alicyclic amines) is 1. The summed E-state index contributed by atoms with van der Waals surface area (Å²) in [5.41, 5.74) is -0.970. The molecule has 216 valence electrons. The molecule has 1 saturated heterocycles. The summed E-state index contributed by atoms with van der Waals surface area (Å²) in [6.45, 7) is 9.06. The standard InChI is InChI=1S/C26H36F4IN5O2Si/c1-39(2,3)9-8-38-17-36-25(37)24(26(28,29)30)23(13-33-36)35-14-19-10-18(22(27)11-20(19)15-35)12-32-21-4-6-34(16-31)7-5-21/h10-11,13,21,32H,4-9,12,14-17H2,1-3H3. The molecule has 4 rings (SSSR count). The van der Waals surface area contributed by atoms with Crippen LogP contribution in [-0.2, 0) is 37.3 Å². The van der Waals surface area contributed by atoms with E-state index in [1.54, 1.807) is 6.07 Å². The second-order valence-corrected chi connectivity index (χ2v) is 17.8. The Labute approximate surface area is 241 Å². The summed E-state index contributed by atoms with van der Waals surface area (Å²) < 4.78 is 64.4. The lowest BCUT2D eigenvalue weighted by molar-refractivity contribution is -0.138. The van der Waals surface area contributed by atoms with Gasteiger partial charge in [-0.05, 0) is 42.1 Å². The number of anilines is 1. The third-order valence-corrected chi connectivity index (χ3v) is 9.96. The van der Waals surface area contributed by atoms with Crippen molar-refractivity contribution < 1.29 is 22.3 Å². The molecule has 2 aliphatic rings. The number of aromatic nitrogens is 2. The number of nitrogens with zero attached hydrogens (tertiary/aromatic N) is 4. The minimum atomic E-state index is -4.88. The van der Waals surface area contributed by atoms with E-state index in [-0.39, 0.29) is 31.3 Å². The van der Waals surface area contributed by atoms with Gasteiger partial charge in [-0.3, -0.25) is 9.69 Å². The molecule has 7 nitrogen and oxygen atoms in total. The molecule has 0 radical (unpaired) electrons. The van der Waals surface area contributed by atoms with Crippen LogP contribution in [0.4, 0.5) is 23.2 Å². The summed E-state index contributed by atoms with van der Waals surface area (Å²) in [6, 6.07) is 4.26. The number of alkyl halides is 4. The van der Waals surface area contributed by atoms with Crippen LogP contribution in [0, 0.1) is 5.82 Å². The van der Waals surface area contributed by atoms with Gasteiger partial charge in [-0.25, -0.2) is 9.07 Å². The Morgan fingerprint density at radius 2 is 1.82 bits per heavy atom. The molecular formula is C26H36F4IN5O2Si. The van der Waals surface area contributed by atoms with Gasteiger partial charge in [0.2, 0.25) is 0 Å². The zero-order valence-corrected chi connectivity index (χ0v) is 25.7. The molecule has 0 aliphatic carbocycles. The molecule has 0 unspecified atom stereocenters. The largest absolute Gasteiger partial charge is 0.423 e. The van der Waals surface area contributed by atoms with Crippen molar-refractivity contribution in [1.82, 2.24) is 20.0 Å². The smallest absolute Gasteiger partial charge is 0.361 e. The average Bonchev–Trinajstić information content (AvgIpc) is 3.27. The van der Waals surface area contributed by atoms with E-state index in [0.29, 0.717) is 35.0 Å². The Morgan fingerprint density at radius 1 is 1.15 bits per heavy atom. The normalized spacial score (nSPS) is 17.2. The SMILES string of the molecule is C[Si](C)(C)CCOCn1ncc(N2Cc3cc(F)c(CNC4CCN(CI)CC4)cc3C2)c(C(F)(F)F)c1=O. The molecular weight excluding hydrogens is 645 g/mol. The Bertz CT molecular complexity index is 1210. The topological polar surface area (TPSA) is 62.6 Å². The molecule has 0 atom stereocenters. The van der Waals surface area contributed by atoms with E-state index in [0.717, 1.165) is 48.3 Å². The summed E-state index contributed by atoms with van der Waals surface area (Å²) in [4.78, 5) is 16.7. The van der Waals surface area contributed by atoms with Crippen molar-refractivity contribution in [3.05, 3.63) is 56.8 Å². The van der Waals surface area contributed by atoms with Gasteiger partial charge >= 0.3 is 6.18 Å². The van der Waals surface area contributed by atoms with Gasteiger partial charge in [0, 0.05) is 59.0 Å². The molecule has 3 heterocycles. The quantitative estimate of drug-likeness (QED) is 0.0933. The Balaban J connectivity index is 1.47. The first kappa shape index (κ1) is 30.4. The molecule has 1 aromatic heterocycles. The van der Waals surface area contributed by atoms with Crippen LogP contribution in [0.1, 0.15) is 35.1 Å². The van der Waals surface area contributed by atoms with Crippen molar-refractivity contribution in [2.75, 3.05) is 29.1 Å². The van der Waals surface area contributed by atoms with Crippen LogP contribution in [0.15, 0.2) is 23.1 Å². The van der Waals surface area contributed by atoms with Crippen molar-refractivity contribution in [2.45, 2.75) is 77.1 Å². The fourth-order valence-corrected chi connectivity index (χ4v) is 6.34. The Kier molecular flexibility index (Phi) is 9.77. The zero-order chi connectivity index (χ0) is 28.4. The van der Waals surface area contributed by atoms with Crippen LogP contribution in [0.2, 0.25) is 25.7 Å². The summed E-state index contributed by atoms with van der Waals surface area (Å²) in [6.07, 6.45) is -1.83. The maximum Gasteiger partial charge on any atom is 0.423 e. The van der Waals surface area contributed by atoms with Gasteiger partial charge in [-0.15, -0.1) is 0 Å². The predicted octanol–water partition coefficient (Wildman–Crippen LogP) is 5.18. The maximum atomic E-state index is 14.9. The molecule has 0 amide bonds. The summed E-state index contributed by atoms with van der Waals surface area (Å²) in [5.74, 6) is -0.382. The minimum absolute atomic E-state index is 0.0651. The number of halogens is 5. The first-order chi connectivity index (χ1) is 18.4. The van der Waals surface area contributed by atoms with Crippen molar-refractivity contribution in [3.8, 4) is 0 Å². The molecule has 13 heteroatoms. The molecule has 0 bridgehead atoms. The molecule has 0 saturated carbocycles. The van der Waals surface area contributed by atoms with Crippen LogP contribution in [0.25, 0.3) is 0 Å². The van der Waals surface area contributed by atoms with E-state index in [2.05, 4.69) is 57.5 Å². The molecule has 0 spiro atoms. The van der Waals surface area contributed by atoms with Crippen molar-refractivity contribution in [2.24, 2.45) is 0 Å². The van der Waals surface area contributed by atoms with Crippen LogP contribution in [-0.4, -0.2) is 53.0 Å². The van der Waals surface area contributed by atoms with Crippen LogP contribution in [0.5, 0.6) is 0 Å². The van der Waals surface area contributed by atoms with E-state index in [1.807, 2.05) is 0 Å². The number of benzene rings is 1. The number of hydrogen-bond donors (Lipinski definition) is 1. The first-order valence-corrected chi connectivity index (χ1v) is 18.4. The number of ether oxygens (including phenoxy) is 1. The van der Waals surface area contributed by atoms with Gasteiger partial charge in [0.15, 0.2) is 0 Å². The average molecular weight is 682 g/mol. The van der Waals surface area contributed by atoms with E-state index in [9.17, 15) is 22.4 Å². The zero-order valence-electron chi connectivity index (χ0n) is 22.6. The number of fused-ring (bicyclic) bond motifs is 1. The fraction of sp³-hybridized carbons (Fsp3) is 0.615. The lowest BCUT2D eigenvalue weighted by atomic mass is 10.0. The Morgan fingerprint density at radius 3 is 2.44 bits per heavy atom. The highest BCUT2D eigenvalue weighted by Crippen LogP contribution is 2.37. The van der Waals surface area contributed by atoms with Crippen LogP contribution >= 0.6 is 22.6 Å². The van der Waals surface area contributed by atoms with Crippen molar-refractivity contribution in [3.63, 3.8) is 0 Å². The van der Waals surface area contributed by atoms with E-state index in [4.69, 9.17) is 4.74 Å². The van der Waals surface area contributed by atoms with Gasteiger partial charge < -0.3 is 15.0 Å². The summed E-state index contributed by atoms with van der Waals surface area (Å²) >= 11 is 2.35. The first-order valence-electron chi connectivity index (χ1n) is 13.2. The number of piperidine rings is 1. The summed E-state index contributed by atoms with van der Waals surface area (Å²) in [7, 11) is -1.39. The maximum absolute atomic E-state index is 14.9. The second-order valence-electron chi connectivity index (χ2n) is 11.5. The van der Waals surface area contributed by atoms with Gasteiger partial charge in [-0.1, -0.05) is 42.2 Å². The third-order valence-electron chi connectivity index (χ3n) is 7.29. The lowest BCUT2D eigenvalue weighted by Gasteiger charge is -2.31. The predicted molar refractivity (Wildman–Crippen MR) is 154 cm³/mol. The van der Waals surface area contributed by atoms with Gasteiger partial charge in [0.1, 0.15) is 18.1 Å². The second kappa shape index (κ2) is 12.5. The summed E-state index contributed by atoms with van der Waals surface area (Å²) in [5, 5.41) is 7.42. The highest BCUT2D eigenvalue weighted by Gasteiger charge is 2.40. The number of hydrogen-bond acceptors (Lipinski definition) is 6. The molecule has 2 aromatic rings. The van der Waals surface area contributed by atoms with E-state index >= 15 is 0 Å². The van der Waals surface area contributed by atoms with Crippen molar-refractivity contribution >= 4 is 36.4 Å². The van der Waals surface area contributed by atoms with Crippen LogP contribution < -0.4 is 15.8 Å². The van der Waals surface area contributed by atoms with Crippen molar-refractivity contribution in [1.29, 1.82) is 0 Å². The van der Waals surface area contributed by atoms with Gasteiger partial charge in [0.25, 0.3) is 5.56 Å². The van der Waals surface area contributed by atoms with Gasteiger partial charge in [0.05, 0.1) is 16.4 Å². The molecule has 39 heavy (non-hydrogen) atoms. The molecule has 1 N–H and O–H groups in total. The molecule has 1 aromatic carbocycles. The van der Waals surface area contributed by atoms with E-state index < -0.39 is 25.4 Å². The number of nitrogens with one attached hydrogen (secondary N) is 1. The molecule has 1 fully saturated rings. The lowest BCUT2D eigenvalue weighted by Crippen LogP contribution is -2.41. The number of rotatable bonds is 10. The van der Waals surface area contributed by atoms with E-state index in [1.165, 1.54) is 11.0 Å². The van der Waals surface area contributed by atoms with Crippen LogP contribution in [0.3, 0.4) is 0 Å². The van der Waals surface area contributed by atoms with Gasteiger partial charge in [-0.2, -0.15) is 18.3 Å².